The van der Waals surface area contributed by atoms with Crippen LogP contribution in [0.2, 0.25) is 0 Å². The van der Waals surface area contributed by atoms with E-state index in [2.05, 4.69) is 407 Å². The van der Waals surface area contributed by atoms with Crippen LogP contribution < -0.4 is 0 Å². The van der Waals surface area contributed by atoms with Crippen molar-refractivity contribution in [3.05, 3.63) is 494 Å². The van der Waals surface area contributed by atoms with Crippen molar-refractivity contribution in [3.8, 4) is 153 Å². The van der Waals surface area contributed by atoms with Crippen molar-refractivity contribution in [2.24, 2.45) is 0 Å². The number of hydrogen-bond donors (Lipinski definition) is 0. The Morgan fingerprint density at radius 2 is 0.452 bits per heavy atom. The lowest BCUT2D eigenvalue weighted by molar-refractivity contribution is 0.660. The molecule has 0 unspecified atom stereocenters. The molecule has 6 aromatic heterocycles. The molecule has 0 aliphatic heterocycles. The average Bonchev–Trinajstić information content (AvgIpc) is 1.55. The largest absolute Gasteiger partial charge is 0.309 e. The van der Waals surface area contributed by atoms with E-state index in [1.54, 1.807) is 0 Å². The van der Waals surface area contributed by atoms with Crippen LogP contribution in [0.15, 0.2) is 461 Å². The van der Waals surface area contributed by atoms with Gasteiger partial charge in [0.2, 0.25) is 0 Å². The molecule has 0 fully saturated rings. The molecule has 0 spiro atoms. The molecule has 3 aliphatic carbocycles. The Hall–Kier alpha value is -18.7. The molecule has 20 aromatic carbocycles. The fourth-order valence-electron chi connectivity index (χ4n) is 23.1. The zero-order valence-electron chi connectivity index (χ0n) is 81.2. The zero-order valence-corrected chi connectivity index (χ0v) is 81.2. The third-order valence-electron chi connectivity index (χ3n) is 30.3. The van der Waals surface area contributed by atoms with Crippen molar-refractivity contribution < 1.29 is 0 Å². The third-order valence-corrected chi connectivity index (χ3v) is 30.3. The summed E-state index contributed by atoms with van der Waals surface area (Å²) in [6.45, 7) is 14.1. The first-order chi connectivity index (χ1) is 71.6. The highest BCUT2D eigenvalue weighted by Gasteiger charge is 2.41. The second-order valence-corrected chi connectivity index (χ2v) is 39.9. The summed E-state index contributed by atoms with van der Waals surface area (Å²) in [7, 11) is 0. The molecule has 0 amide bonds. The number of benzene rings is 20. The van der Waals surface area contributed by atoms with Gasteiger partial charge in [-0.05, 0) is 191 Å². The van der Waals surface area contributed by atoms with E-state index in [1.165, 1.54) is 143 Å². The molecule has 12 nitrogen and oxygen atoms in total. The van der Waals surface area contributed by atoms with Gasteiger partial charge in [-0.1, -0.05) is 399 Å². The minimum absolute atomic E-state index is 0.0557. The van der Waals surface area contributed by atoms with Gasteiger partial charge in [0.1, 0.15) is 0 Å². The van der Waals surface area contributed by atoms with Crippen molar-refractivity contribution in [2.75, 3.05) is 0 Å². The number of nitrogens with zero attached hydrogens (tertiary/aromatic N) is 12. The molecule has 0 saturated carbocycles. The van der Waals surface area contributed by atoms with Crippen molar-refractivity contribution in [1.29, 1.82) is 0 Å². The molecule has 0 radical (unpaired) electrons. The fourth-order valence-corrected chi connectivity index (χ4v) is 23.1. The van der Waals surface area contributed by atoms with Crippen LogP contribution in [-0.4, -0.2) is 58.6 Å². The van der Waals surface area contributed by atoms with E-state index in [0.29, 0.717) is 52.4 Å². The first-order valence-corrected chi connectivity index (χ1v) is 50.0. The SMILES string of the molecule is CC1(C)c2ccccc2-c2c1ccc1c2c2ccccc2n1-c1ccc(-c2nc(-c3ccccc3)nc(-c3ccc4ccccc4c3)n2)cc1.CC1(C)c2ccccc2-c2c1ccc1c2c2ccccc2n1-c1cccc(-c2nc(-c3ccccc3)nc(-c3ccc4ccccc4c3)n2)c1.CC1(C)c2ccccc2-c2cc3c4ccccc4n(-c4cccc(-c5nc(-c6ccccc6)nc(-c6ccccc6)n5)c4)c3cc21. The van der Waals surface area contributed by atoms with Gasteiger partial charge in [0.05, 0.1) is 33.1 Å². The molecule has 0 N–H and O–H groups in total. The summed E-state index contributed by atoms with van der Waals surface area (Å²) in [4.78, 5) is 45.1. The third kappa shape index (κ3) is 14.4. The van der Waals surface area contributed by atoms with E-state index >= 15 is 0 Å². The lowest BCUT2D eigenvalue weighted by Gasteiger charge is -2.21. The van der Waals surface area contributed by atoms with E-state index in [9.17, 15) is 0 Å². The molecular formula is C134H94N12. The Bertz CT molecular complexity index is 9720. The fraction of sp³-hybridized carbons (Fsp3) is 0.0672. The van der Waals surface area contributed by atoms with E-state index in [1.807, 2.05) is 109 Å². The first kappa shape index (κ1) is 86.5. The first-order valence-electron chi connectivity index (χ1n) is 50.0. The van der Waals surface area contributed by atoms with E-state index < -0.39 is 0 Å². The molecule has 0 saturated heterocycles. The molecule has 0 atom stereocenters. The van der Waals surface area contributed by atoms with E-state index in [4.69, 9.17) is 44.9 Å². The van der Waals surface area contributed by atoms with Gasteiger partial charge in [0.25, 0.3) is 0 Å². The number of fused-ring (bicyclic) bond motifs is 22. The van der Waals surface area contributed by atoms with E-state index in [-0.39, 0.29) is 16.2 Å². The summed E-state index contributed by atoms with van der Waals surface area (Å²) in [5.74, 6) is 5.86. The Labute approximate surface area is 844 Å². The van der Waals surface area contributed by atoms with Crippen molar-refractivity contribution >= 4 is 87.0 Å². The second-order valence-electron chi connectivity index (χ2n) is 39.9. The van der Waals surface area contributed by atoms with Gasteiger partial charge in [0, 0.05) is 116 Å². The molecule has 26 aromatic rings. The lowest BCUT2D eigenvalue weighted by Crippen LogP contribution is -2.14. The lowest BCUT2D eigenvalue weighted by atomic mass is 9.82. The maximum Gasteiger partial charge on any atom is 0.164 e. The Kier molecular flexibility index (Phi) is 20.4. The summed E-state index contributed by atoms with van der Waals surface area (Å²) in [5, 5.41) is 12.3. The highest BCUT2D eigenvalue weighted by Crippen LogP contribution is 2.57. The normalized spacial score (nSPS) is 13.2. The summed E-state index contributed by atoms with van der Waals surface area (Å²) in [6, 6.07) is 163. The van der Waals surface area contributed by atoms with Crippen molar-refractivity contribution in [2.45, 2.75) is 57.8 Å². The second kappa shape index (κ2) is 34.4. The molecule has 29 rings (SSSR count). The van der Waals surface area contributed by atoms with Crippen molar-refractivity contribution in [1.82, 2.24) is 58.6 Å². The number of aromatic nitrogens is 12. The highest BCUT2D eigenvalue weighted by atomic mass is 15.1. The Morgan fingerprint density at radius 3 is 0.870 bits per heavy atom. The van der Waals surface area contributed by atoms with Crippen LogP contribution in [0.1, 0.15) is 74.9 Å². The number of rotatable bonds is 12. The zero-order chi connectivity index (χ0) is 97.6. The predicted molar refractivity (Wildman–Crippen MR) is 599 cm³/mol. The van der Waals surface area contributed by atoms with Crippen LogP contribution in [0.25, 0.3) is 240 Å². The maximum atomic E-state index is 5.11. The smallest absolute Gasteiger partial charge is 0.164 e. The number of hydrogen-bond acceptors (Lipinski definition) is 9. The maximum absolute atomic E-state index is 5.11. The minimum atomic E-state index is -0.0875. The van der Waals surface area contributed by atoms with Gasteiger partial charge in [-0.2, -0.15) is 0 Å². The van der Waals surface area contributed by atoms with Crippen LogP contribution in [0.5, 0.6) is 0 Å². The molecule has 12 heteroatoms. The van der Waals surface area contributed by atoms with Crippen LogP contribution in [-0.2, 0) is 16.2 Å². The van der Waals surface area contributed by atoms with Crippen LogP contribution in [0.4, 0.5) is 0 Å². The molecular weight excluding hydrogens is 1780 g/mol. The molecule has 690 valence electrons. The van der Waals surface area contributed by atoms with Crippen LogP contribution in [0, 0.1) is 0 Å². The summed E-state index contributed by atoms with van der Waals surface area (Å²) >= 11 is 0. The Morgan fingerprint density at radius 1 is 0.158 bits per heavy atom. The summed E-state index contributed by atoms with van der Waals surface area (Å²) in [5.41, 5.74) is 35.0. The van der Waals surface area contributed by atoms with E-state index in [0.717, 1.165) is 77.9 Å². The van der Waals surface area contributed by atoms with Gasteiger partial charge in [-0.25, -0.2) is 44.9 Å². The van der Waals surface area contributed by atoms with Gasteiger partial charge in [0.15, 0.2) is 52.4 Å². The minimum Gasteiger partial charge on any atom is -0.309 e. The highest BCUT2D eigenvalue weighted by molar-refractivity contribution is 6.20. The quantitative estimate of drug-likeness (QED) is 0.117. The van der Waals surface area contributed by atoms with Crippen molar-refractivity contribution in [3.63, 3.8) is 0 Å². The molecule has 6 heterocycles. The van der Waals surface area contributed by atoms with Gasteiger partial charge in [-0.15, -0.1) is 0 Å². The van der Waals surface area contributed by atoms with Gasteiger partial charge >= 0.3 is 0 Å². The monoisotopic (exact) mass is 1870 g/mol. The Balaban J connectivity index is 0.000000109. The van der Waals surface area contributed by atoms with Gasteiger partial charge in [-0.3, -0.25) is 0 Å². The van der Waals surface area contributed by atoms with Crippen LogP contribution in [0.3, 0.4) is 0 Å². The molecule has 3 aliphatic rings. The van der Waals surface area contributed by atoms with Gasteiger partial charge < -0.3 is 13.7 Å². The summed E-state index contributed by atoms with van der Waals surface area (Å²) < 4.78 is 7.18. The molecule has 0 bridgehead atoms. The summed E-state index contributed by atoms with van der Waals surface area (Å²) in [6.07, 6.45) is 0. The predicted octanol–water partition coefficient (Wildman–Crippen LogP) is 33.1. The van der Waals surface area contributed by atoms with Crippen LogP contribution >= 0.6 is 0 Å². The molecule has 146 heavy (non-hydrogen) atoms. The number of para-hydroxylation sites is 3. The topological polar surface area (TPSA) is 131 Å². The average molecular weight is 1870 g/mol. The standard InChI is InChI=1S/2C46H32N4.C42H30N4/c1-46(2)37-21-10-8-19-35(37)41-38(46)25-26-40-42(41)36-20-9-11-22-39(36)50(40)34-18-12-17-32(28-34)44-47-43(30-14-4-3-5-15-30)48-45(49-44)33-24-23-29-13-6-7-16-31(29)27-33;1-46(2)37-18-10-8-16-35(37)41-38(46)26-27-40-42(41)36-17-9-11-19-39(36)50(40)34-24-22-31(23-25-34)44-47-43(30-13-4-3-5-14-30)48-45(49-44)33-21-20-29-12-6-7-15-32(29)28-33;1-42(2)35-22-11-9-20-31(35)33-25-34-32-21-10-12-23-37(32)46(38(34)26-36(33)42)30-19-13-18-29(24-30)41-44-39(27-14-5-3-6-15-27)43-40(45-41)28-16-7-4-8-17-28/h2*3-28H,1-2H3;3-26H,1-2H3.